The smallest absolute Gasteiger partial charge is 0.273 e. The van der Waals surface area contributed by atoms with Crippen LogP contribution in [0.5, 0.6) is 0 Å². The molecule has 1 N–H and O–H groups in total. The highest BCUT2D eigenvalue weighted by Crippen LogP contribution is 2.17. The van der Waals surface area contributed by atoms with E-state index in [0.717, 1.165) is 0 Å². The Morgan fingerprint density at radius 3 is 2.65 bits per heavy atom. The van der Waals surface area contributed by atoms with Crippen LogP contribution in [-0.2, 0) is 6.54 Å². The second-order valence-electron chi connectivity index (χ2n) is 5.76. The maximum absolute atomic E-state index is 12.5. The number of hydrogen-bond donors (Lipinski definition) is 1. The zero-order valence-electron chi connectivity index (χ0n) is 13.7. The van der Waals surface area contributed by atoms with Crippen molar-refractivity contribution in [2.24, 2.45) is 0 Å². The average Bonchev–Trinajstić information content (AvgIpc) is 3.14. The molecule has 0 unspecified atom stereocenters. The molecule has 0 fully saturated rings. The van der Waals surface area contributed by atoms with E-state index in [4.69, 9.17) is 4.42 Å². The van der Waals surface area contributed by atoms with Crippen molar-refractivity contribution in [2.45, 2.75) is 46.3 Å². The van der Waals surface area contributed by atoms with Crippen LogP contribution in [0.3, 0.4) is 0 Å². The van der Waals surface area contributed by atoms with Crippen molar-refractivity contribution in [1.82, 2.24) is 15.2 Å². The van der Waals surface area contributed by atoms with Crippen molar-refractivity contribution in [3.8, 4) is 0 Å². The van der Waals surface area contributed by atoms with E-state index in [1.807, 2.05) is 39.1 Å². The van der Waals surface area contributed by atoms with Crippen LogP contribution in [0.4, 0.5) is 0 Å². The highest BCUT2D eigenvalue weighted by molar-refractivity contribution is 7.12. The summed E-state index contributed by atoms with van der Waals surface area (Å²) in [6.07, 6.45) is 1.32. The van der Waals surface area contributed by atoms with Crippen molar-refractivity contribution in [2.75, 3.05) is 0 Å². The van der Waals surface area contributed by atoms with E-state index in [-0.39, 0.29) is 36.1 Å². The molecule has 7 heteroatoms. The number of carbonyl (C=O) groups is 2. The fourth-order valence-corrected chi connectivity index (χ4v) is 2.68. The minimum Gasteiger partial charge on any atom is -0.446 e. The first-order valence-electron chi connectivity index (χ1n) is 7.48. The topological polar surface area (TPSA) is 75.4 Å². The molecule has 2 rings (SSSR count). The molecule has 124 valence electrons. The van der Waals surface area contributed by atoms with Crippen molar-refractivity contribution in [3.05, 3.63) is 40.2 Å². The first-order chi connectivity index (χ1) is 10.9. The lowest BCUT2D eigenvalue weighted by atomic mass is 10.3. The van der Waals surface area contributed by atoms with E-state index in [1.165, 1.54) is 17.6 Å². The third-order valence-corrected chi connectivity index (χ3v) is 3.98. The minimum absolute atomic E-state index is 0.00978. The van der Waals surface area contributed by atoms with Crippen LogP contribution in [0.15, 0.2) is 28.2 Å². The zero-order chi connectivity index (χ0) is 17.0. The van der Waals surface area contributed by atoms with Crippen molar-refractivity contribution >= 4 is 23.2 Å². The Balaban J connectivity index is 2.11. The molecule has 0 radical (unpaired) electrons. The molecule has 23 heavy (non-hydrogen) atoms. The first-order valence-corrected chi connectivity index (χ1v) is 8.36. The first kappa shape index (κ1) is 17.2. The molecule has 6 nitrogen and oxygen atoms in total. The van der Waals surface area contributed by atoms with Gasteiger partial charge in [0.1, 0.15) is 6.26 Å². The maximum atomic E-state index is 12.5. The summed E-state index contributed by atoms with van der Waals surface area (Å²) < 4.78 is 5.35. The number of oxazole rings is 1. The summed E-state index contributed by atoms with van der Waals surface area (Å²) in [4.78, 5) is 30.9. The molecular weight excluding hydrogens is 314 g/mol. The van der Waals surface area contributed by atoms with Gasteiger partial charge >= 0.3 is 0 Å². The van der Waals surface area contributed by atoms with Crippen LogP contribution in [0.25, 0.3) is 0 Å². The molecule has 0 saturated carbocycles. The standard InChI is InChI=1S/C16H21N3O3S/c1-10(2)17-15(20)12-9-22-14(18-12)8-19(11(3)4)16(21)13-6-5-7-23-13/h5-7,9-11H,8H2,1-4H3,(H,17,20). The number of hydrogen-bond acceptors (Lipinski definition) is 5. The molecule has 2 aromatic rings. The van der Waals surface area contributed by atoms with Crippen LogP contribution in [0.2, 0.25) is 0 Å². The van der Waals surface area contributed by atoms with Gasteiger partial charge in [0.25, 0.3) is 11.8 Å². The summed E-state index contributed by atoms with van der Waals surface area (Å²) in [5.41, 5.74) is 0.223. The van der Waals surface area contributed by atoms with Crippen molar-refractivity contribution < 1.29 is 14.0 Å². The highest BCUT2D eigenvalue weighted by atomic mass is 32.1. The maximum Gasteiger partial charge on any atom is 0.273 e. The predicted molar refractivity (Wildman–Crippen MR) is 88.4 cm³/mol. The van der Waals surface area contributed by atoms with Gasteiger partial charge in [0.05, 0.1) is 11.4 Å². The number of thiophene rings is 1. The molecule has 0 aliphatic carbocycles. The number of aromatic nitrogens is 1. The third-order valence-electron chi connectivity index (χ3n) is 3.13. The van der Waals surface area contributed by atoms with Crippen LogP contribution in [0.1, 0.15) is 53.7 Å². The molecule has 2 amide bonds. The van der Waals surface area contributed by atoms with Gasteiger partial charge in [-0.1, -0.05) is 6.07 Å². The van der Waals surface area contributed by atoms with Crippen molar-refractivity contribution in [3.63, 3.8) is 0 Å². The zero-order valence-corrected chi connectivity index (χ0v) is 14.5. The second kappa shape index (κ2) is 7.41. The fourth-order valence-electron chi connectivity index (χ4n) is 2.00. The monoisotopic (exact) mass is 335 g/mol. The third kappa shape index (κ3) is 4.41. The predicted octanol–water partition coefficient (Wildman–Crippen LogP) is 2.93. The normalized spacial score (nSPS) is 11.0. The van der Waals surface area contributed by atoms with Gasteiger partial charge in [-0.2, -0.15) is 0 Å². The lowest BCUT2D eigenvalue weighted by Crippen LogP contribution is -2.36. The molecule has 0 bridgehead atoms. The summed E-state index contributed by atoms with van der Waals surface area (Å²) in [6, 6.07) is 3.65. The lowest BCUT2D eigenvalue weighted by Gasteiger charge is -2.24. The quantitative estimate of drug-likeness (QED) is 0.880. The Morgan fingerprint density at radius 2 is 2.09 bits per heavy atom. The van der Waals surface area contributed by atoms with Gasteiger partial charge in [-0.15, -0.1) is 11.3 Å². The van der Waals surface area contributed by atoms with E-state index < -0.39 is 0 Å². The van der Waals surface area contributed by atoms with E-state index in [0.29, 0.717) is 10.8 Å². The number of nitrogens with zero attached hydrogens (tertiary/aromatic N) is 2. The van der Waals surface area contributed by atoms with Gasteiger partial charge in [-0.05, 0) is 39.1 Å². The molecule has 2 aromatic heterocycles. The van der Waals surface area contributed by atoms with Crippen LogP contribution >= 0.6 is 11.3 Å². The second-order valence-corrected chi connectivity index (χ2v) is 6.71. The minimum atomic E-state index is -0.282. The summed E-state index contributed by atoms with van der Waals surface area (Å²) in [7, 11) is 0. The van der Waals surface area contributed by atoms with Crippen LogP contribution in [-0.4, -0.2) is 33.8 Å². The molecule has 0 aliphatic rings. The SMILES string of the molecule is CC(C)NC(=O)c1coc(CN(C(=O)c2cccs2)C(C)C)n1. The molecule has 0 saturated heterocycles. The Bertz CT molecular complexity index is 662. The Kier molecular flexibility index (Phi) is 5.54. The summed E-state index contributed by atoms with van der Waals surface area (Å²) in [6.45, 7) is 7.84. The number of carbonyl (C=O) groups excluding carboxylic acids is 2. The van der Waals surface area contributed by atoms with Gasteiger partial charge < -0.3 is 14.6 Å². The molecule has 0 aliphatic heterocycles. The highest BCUT2D eigenvalue weighted by Gasteiger charge is 2.22. The van der Waals surface area contributed by atoms with E-state index in [2.05, 4.69) is 10.3 Å². The summed E-state index contributed by atoms with van der Waals surface area (Å²) in [5, 5.41) is 4.62. The molecule has 0 spiro atoms. The Labute approximate surface area is 139 Å². The number of rotatable bonds is 6. The van der Waals surface area contributed by atoms with Crippen LogP contribution in [0, 0.1) is 0 Å². The molecular formula is C16H21N3O3S. The van der Waals surface area contributed by atoms with Crippen LogP contribution < -0.4 is 5.32 Å². The Hall–Kier alpha value is -2.15. The summed E-state index contributed by atoms with van der Waals surface area (Å²) >= 11 is 1.40. The number of nitrogens with one attached hydrogen (secondary N) is 1. The van der Waals surface area contributed by atoms with E-state index >= 15 is 0 Å². The molecule has 0 atom stereocenters. The van der Waals surface area contributed by atoms with E-state index in [1.54, 1.807) is 11.0 Å². The van der Waals surface area contributed by atoms with Gasteiger partial charge in [-0.3, -0.25) is 9.59 Å². The summed E-state index contributed by atoms with van der Waals surface area (Å²) in [5.74, 6) is -0.00502. The van der Waals surface area contributed by atoms with Gasteiger partial charge in [-0.25, -0.2) is 4.98 Å². The largest absolute Gasteiger partial charge is 0.446 e. The van der Waals surface area contributed by atoms with Gasteiger partial charge in [0, 0.05) is 12.1 Å². The van der Waals surface area contributed by atoms with Crippen molar-refractivity contribution in [1.29, 1.82) is 0 Å². The molecule has 2 heterocycles. The Morgan fingerprint density at radius 1 is 1.35 bits per heavy atom. The van der Waals surface area contributed by atoms with Gasteiger partial charge in [0.2, 0.25) is 5.89 Å². The average molecular weight is 335 g/mol. The number of amides is 2. The van der Waals surface area contributed by atoms with Gasteiger partial charge in [0.15, 0.2) is 5.69 Å². The lowest BCUT2D eigenvalue weighted by molar-refractivity contribution is 0.0677. The van der Waals surface area contributed by atoms with E-state index in [9.17, 15) is 9.59 Å². The fraction of sp³-hybridized carbons (Fsp3) is 0.438. The molecule has 0 aromatic carbocycles.